The van der Waals surface area contributed by atoms with Crippen molar-refractivity contribution in [2.24, 2.45) is 0 Å². The molecule has 3 nitrogen and oxygen atoms in total. The Balaban J connectivity index is 2.13. The molecule has 0 radical (unpaired) electrons. The van der Waals surface area contributed by atoms with Crippen LogP contribution in [0.2, 0.25) is 0 Å². The van der Waals surface area contributed by atoms with Crippen molar-refractivity contribution in [3.05, 3.63) is 78.1 Å². The molecule has 0 aliphatic heterocycles. The number of pyridine rings is 1. The molecule has 2 aromatic carbocycles. The molecule has 0 amide bonds. The quantitative estimate of drug-likeness (QED) is 0.719. The van der Waals surface area contributed by atoms with Crippen LogP contribution in [0.1, 0.15) is 11.1 Å². The topological polar surface area (TPSA) is 64.9 Å². The van der Waals surface area contributed by atoms with Crippen LogP contribution in [0, 0.1) is 0 Å². The first kappa shape index (κ1) is 13.2. The molecular weight excluding hydrogens is 258 g/mol. The molecule has 0 saturated carbocycles. The van der Waals surface area contributed by atoms with E-state index in [-0.39, 0.29) is 0 Å². The number of nitrogen functional groups attached to an aromatic ring is 2. The lowest BCUT2D eigenvalue weighted by Gasteiger charge is -2.15. The van der Waals surface area contributed by atoms with Crippen LogP contribution in [0.25, 0.3) is 11.1 Å². The number of hydrogen-bond donors (Lipinski definition) is 2. The highest BCUT2D eigenvalue weighted by atomic mass is 14.6. The Morgan fingerprint density at radius 3 is 2.29 bits per heavy atom. The van der Waals surface area contributed by atoms with E-state index in [1.54, 1.807) is 6.20 Å². The van der Waals surface area contributed by atoms with E-state index < -0.39 is 0 Å². The Kier molecular flexibility index (Phi) is 3.56. The van der Waals surface area contributed by atoms with Crippen molar-refractivity contribution in [3.63, 3.8) is 0 Å². The van der Waals surface area contributed by atoms with Crippen LogP contribution in [0.3, 0.4) is 0 Å². The largest absolute Gasteiger partial charge is 0.398 e. The second-order valence-corrected chi connectivity index (χ2v) is 5.00. The maximum absolute atomic E-state index is 6.20. The van der Waals surface area contributed by atoms with Crippen LogP contribution in [-0.2, 0) is 6.42 Å². The third-order valence-electron chi connectivity index (χ3n) is 3.56. The molecule has 1 heterocycles. The van der Waals surface area contributed by atoms with Gasteiger partial charge in [-0.15, -0.1) is 0 Å². The number of rotatable bonds is 3. The fourth-order valence-corrected chi connectivity index (χ4v) is 2.52. The Hall–Kier alpha value is -2.81. The molecule has 3 aromatic rings. The van der Waals surface area contributed by atoms with Gasteiger partial charge in [0.2, 0.25) is 0 Å². The summed E-state index contributed by atoms with van der Waals surface area (Å²) in [7, 11) is 0. The zero-order chi connectivity index (χ0) is 14.7. The van der Waals surface area contributed by atoms with Crippen molar-refractivity contribution in [1.29, 1.82) is 0 Å². The van der Waals surface area contributed by atoms with Crippen LogP contribution in [0.5, 0.6) is 0 Å². The van der Waals surface area contributed by atoms with E-state index in [2.05, 4.69) is 17.1 Å². The van der Waals surface area contributed by atoms with Gasteiger partial charge in [0, 0.05) is 41.3 Å². The maximum atomic E-state index is 6.20. The van der Waals surface area contributed by atoms with Crippen LogP contribution in [0.4, 0.5) is 11.4 Å². The Labute approximate surface area is 124 Å². The first-order chi connectivity index (χ1) is 10.3. The SMILES string of the molecule is Nc1ccc(N)c(-c2cccnc2)c1Cc1ccccc1. The van der Waals surface area contributed by atoms with Gasteiger partial charge in [-0.25, -0.2) is 0 Å². The number of benzene rings is 2. The second-order valence-electron chi connectivity index (χ2n) is 5.00. The van der Waals surface area contributed by atoms with Crippen LogP contribution in [-0.4, -0.2) is 4.98 Å². The molecule has 1 aromatic heterocycles. The van der Waals surface area contributed by atoms with Crippen molar-refractivity contribution in [3.8, 4) is 11.1 Å². The number of nitrogens with zero attached hydrogens (tertiary/aromatic N) is 1. The van der Waals surface area contributed by atoms with Gasteiger partial charge in [0.25, 0.3) is 0 Å². The predicted octanol–water partition coefficient (Wildman–Crippen LogP) is 3.50. The lowest BCUT2D eigenvalue weighted by molar-refractivity contribution is 1.20. The lowest BCUT2D eigenvalue weighted by atomic mass is 9.93. The molecular formula is C18H17N3. The van der Waals surface area contributed by atoms with Crippen molar-refractivity contribution in [1.82, 2.24) is 4.98 Å². The van der Waals surface area contributed by atoms with Gasteiger partial charge in [-0.3, -0.25) is 4.98 Å². The monoisotopic (exact) mass is 275 g/mol. The molecule has 3 rings (SSSR count). The average molecular weight is 275 g/mol. The molecule has 0 aliphatic rings. The molecule has 0 spiro atoms. The summed E-state index contributed by atoms with van der Waals surface area (Å²) >= 11 is 0. The normalized spacial score (nSPS) is 10.5. The molecule has 21 heavy (non-hydrogen) atoms. The van der Waals surface area contributed by atoms with Crippen molar-refractivity contribution in [2.75, 3.05) is 11.5 Å². The first-order valence-electron chi connectivity index (χ1n) is 6.87. The Morgan fingerprint density at radius 1 is 0.810 bits per heavy atom. The number of aromatic nitrogens is 1. The van der Waals surface area contributed by atoms with Gasteiger partial charge in [-0.2, -0.15) is 0 Å². The van der Waals surface area contributed by atoms with Gasteiger partial charge in [-0.05, 0) is 29.3 Å². The van der Waals surface area contributed by atoms with Gasteiger partial charge in [0.15, 0.2) is 0 Å². The van der Waals surface area contributed by atoms with Crippen molar-refractivity contribution in [2.45, 2.75) is 6.42 Å². The lowest BCUT2D eigenvalue weighted by Crippen LogP contribution is -2.02. The minimum atomic E-state index is 0.725. The van der Waals surface area contributed by atoms with Gasteiger partial charge in [-0.1, -0.05) is 36.4 Å². The Morgan fingerprint density at radius 2 is 1.57 bits per heavy atom. The Bertz CT molecular complexity index is 737. The predicted molar refractivity (Wildman–Crippen MR) is 87.7 cm³/mol. The maximum Gasteiger partial charge on any atom is 0.0398 e. The average Bonchev–Trinajstić information content (AvgIpc) is 2.53. The number of hydrogen-bond acceptors (Lipinski definition) is 3. The first-order valence-corrected chi connectivity index (χ1v) is 6.87. The van der Waals surface area contributed by atoms with Gasteiger partial charge < -0.3 is 11.5 Å². The fourth-order valence-electron chi connectivity index (χ4n) is 2.52. The summed E-state index contributed by atoms with van der Waals surface area (Å²) in [6, 6.07) is 17.9. The summed E-state index contributed by atoms with van der Waals surface area (Å²) in [5.74, 6) is 0. The summed E-state index contributed by atoms with van der Waals surface area (Å²) in [4.78, 5) is 4.18. The fraction of sp³-hybridized carbons (Fsp3) is 0.0556. The molecule has 0 atom stereocenters. The zero-order valence-corrected chi connectivity index (χ0v) is 11.7. The van der Waals surface area contributed by atoms with E-state index in [0.717, 1.165) is 34.5 Å². The number of nitrogens with two attached hydrogens (primary N) is 2. The van der Waals surface area contributed by atoms with E-state index in [1.807, 2.05) is 48.7 Å². The summed E-state index contributed by atoms with van der Waals surface area (Å²) in [6.07, 6.45) is 4.32. The molecule has 3 heteroatoms. The van der Waals surface area contributed by atoms with Gasteiger partial charge in [0.05, 0.1) is 0 Å². The van der Waals surface area contributed by atoms with Crippen LogP contribution < -0.4 is 11.5 Å². The highest BCUT2D eigenvalue weighted by Gasteiger charge is 2.13. The van der Waals surface area contributed by atoms with Crippen LogP contribution >= 0.6 is 0 Å². The highest BCUT2D eigenvalue weighted by Crippen LogP contribution is 2.34. The molecule has 0 unspecified atom stereocenters. The minimum Gasteiger partial charge on any atom is -0.398 e. The molecule has 0 saturated heterocycles. The summed E-state index contributed by atoms with van der Waals surface area (Å²) in [5.41, 5.74) is 18.1. The highest BCUT2D eigenvalue weighted by molar-refractivity contribution is 5.83. The molecule has 104 valence electrons. The smallest absolute Gasteiger partial charge is 0.0398 e. The van der Waals surface area contributed by atoms with Crippen molar-refractivity contribution < 1.29 is 0 Å². The summed E-state index contributed by atoms with van der Waals surface area (Å²) in [6.45, 7) is 0. The van der Waals surface area contributed by atoms with Crippen LogP contribution in [0.15, 0.2) is 67.0 Å². The standard InChI is InChI=1S/C18H17N3/c19-16-8-9-17(20)18(14-7-4-10-21-12-14)15(16)11-13-5-2-1-3-6-13/h1-10,12H,11,19-20H2. The molecule has 4 N–H and O–H groups in total. The third-order valence-corrected chi connectivity index (χ3v) is 3.56. The summed E-state index contributed by atoms with van der Waals surface area (Å²) in [5, 5.41) is 0. The van der Waals surface area contributed by atoms with E-state index in [1.165, 1.54) is 5.56 Å². The zero-order valence-electron chi connectivity index (χ0n) is 11.7. The van der Waals surface area contributed by atoms with Gasteiger partial charge in [0.1, 0.15) is 0 Å². The molecule has 0 fully saturated rings. The van der Waals surface area contributed by atoms with E-state index in [0.29, 0.717) is 0 Å². The second kappa shape index (κ2) is 5.67. The van der Waals surface area contributed by atoms with E-state index >= 15 is 0 Å². The van der Waals surface area contributed by atoms with Crippen molar-refractivity contribution >= 4 is 11.4 Å². The minimum absolute atomic E-state index is 0.725. The number of anilines is 2. The molecule has 0 aliphatic carbocycles. The van der Waals surface area contributed by atoms with E-state index in [4.69, 9.17) is 11.5 Å². The van der Waals surface area contributed by atoms with Gasteiger partial charge >= 0.3 is 0 Å². The van der Waals surface area contributed by atoms with E-state index in [9.17, 15) is 0 Å². The molecule has 0 bridgehead atoms. The summed E-state index contributed by atoms with van der Waals surface area (Å²) < 4.78 is 0. The third kappa shape index (κ3) is 2.72.